The molecule has 0 aliphatic carbocycles. The van der Waals surface area contributed by atoms with Gasteiger partial charge < -0.3 is 14.4 Å². The summed E-state index contributed by atoms with van der Waals surface area (Å²) in [5.41, 5.74) is 7.38. The fraction of sp³-hybridized carbons (Fsp3) is 0.258. The number of methoxy groups -OCH3 is 2. The molecule has 0 N–H and O–H groups in total. The van der Waals surface area contributed by atoms with Crippen molar-refractivity contribution in [2.75, 3.05) is 19.1 Å². The molecular formula is C31H33N2O2+. The van der Waals surface area contributed by atoms with Crippen LogP contribution in [0.15, 0.2) is 91.1 Å². The average Bonchev–Trinajstić information content (AvgIpc) is 2.93. The molecule has 1 aliphatic rings. The zero-order valence-corrected chi connectivity index (χ0v) is 21.0. The molecule has 178 valence electrons. The van der Waals surface area contributed by atoms with Gasteiger partial charge in [-0.1, -0.05) is 19.9 Å². The number of aromatic nitrogens is 1. The lowest BCUT2D eigenvalue weighted by molar-refractivity contribution is -0.758. The highest BCUT2D eigenvalue weighted by molar-refractivity contribution is 5.80. The standard InChI is InChI=1S/C31H33N2O2/c1-5-31(6-2)22-23-10-11-26(21-29(23)30-9-7-8-20-32(30)31)33(24-12-16-27(34-3)17-13-24)25-14-18-28(35-4)19-15-25/h7-21H,5-6,22H2,1-4H3/q+1. The minimum atomic E-state index is 0.122. The molecule has 0 atom stereocenters. The quantitative estimate of drug-likeness (QED) is 0.270. The lowest BCUT2D eigenvalue weighted by atomic mass is 9.79. The van der Waals surface area contributed by atoms with Crippen LogP contribution in [0.1, 0.15) is 32.3 Å². The molecule has 0 saturated heterocycles. The largest absolute Gasteiger partial charge is 0.497 e. The van der Waals surface area contributed by atoms with Gasteiger partial charge in [-0.15, -0.1) is 0 Å². The summed E-state index contributed by atoms with van der Waals surface area (Å²) in [5, 5.41) is 0. The molecule has 4 heteroatoms. The van der Waals surface area contributed by atoms with Crippen molar-refractivity contribution in [3.8, 4) is 22.8 Å². The van der Waals surface area contributed by atoms with Crippen LogP contribution < -0.4 is 18.9 Å². The summed E-state index contributed by atoms with van der Waals surface area (Å²) in [4.78, 5) is 2.29. The van der Waals surface area contributed by atoms with Crippen molar-refractivity contribution in [1.82, 2.24) is 0 Å². The topological polar surface area (TPSA) is 25.6 Å². The number of fused-ring (bicyclic) bond motifs is 3. The molecule has 0 bridgehead atoms. The first-order valence-corrected chi connectivity index (χ1v) is 12.3. The number of ether oxygens (including phenoxy) is 2. The zero-order chi connectivity index (χ0) is 24.4. The van der Waals surface area contributed by atoms with E-state index in [4.69, 9.17) is 9.47 Å². The fourth-order valence-corrected chi connectivity index (χ4v) is 5.36. The monoisotopic (exact) mass is 465 g/mol. The van der Waals surface area contributed by atoms with Crippen LogP contribution in [0, 0.1) is 0 Å². The zero-order valence-electron chi connectivity index (χ0n) is 21.0. The molecule has 2 heterocycles. The normalized spacial score (nSPS) is 13.5. The highest BCUT2D eigenvalue weighted by Gasteiger charge is 2.43. The van der Waals surface area contributed by atoms with Gasteiger partial charge in [0.2, 0.25) is 5.69 Å². The van der Waals surface area contributed by atoms with Gasteiger partial charge in [-0.2, -0.15) is 4.57 Å². The maximum absolute atomic E-state index is 5.41. The minimum absolute atomic E-state index is 0.122. The Morgan fingerprint density at radius 1 is 0.743 bits per heavy atom. The molecular weight excluding hydrogens is 432 g/mol. The first-order chi connectivity index (χ1) is 17.1. The summed E-state index contributed by atoms with van der Waals surface area (Å²) >= 11 is 0. The Morgan fingerprint density at radius 3 is 1.86 bits per heavy atom. The molecule has 0 spiro atoms. The summed E-state index contributed by atoms with van der Waals surface area (Å²) < 4.78 is 13.3. The van der Waals surface area contributed by atoms with Crippen LogP contribution in [0.25, 0.3) is 11.3 Å². The second-order valence-electron chi connectivity index (χ2n) is 9.14. The SMILES string of the molecule is CCC1(CC)Cc2ccc(N(c3ccc(OC)cc3)c3ccc(OC)cc3)cc2-c2cccc[n+]21. The predicted molar refractivity (Wildman–Crippen MR) is 142 cm³/mol. The third-order valence-corrected chi connectivity index (χ3v) is 7.50. The summed E-state index contributed by atoms with van der Waals surface area (Å²) in [5.74, 6) is 1.68. The van der Waals surface area contributed by atoms with Crippen LogP contribution >= 0.6 is 0 Å². The number of hydrogen-bond donors (Lipinski definition) is 0. The first-order valence-electron chi connectivity index (χ1n) is 12.3. The molecule has 4 nitrogen and oxygen atoms in total. The second-order valence-corrected chi connectivity index (χ2v) is 9.14. The van der Waals surface area contributed by atoms with Gasteiger partial charge in [0.25, 0.3) is 0 Å². The van der Waals surface area contributed by atoms with E-state index in [1.807, 2.05) is 24.3 Å². The Labute approximate surface area is 208 Å². The molecule has 5 rings (SSSR count). The number of nitrogens with zero attached hydrogens (tertiary/aromatic N) is 2. The van der Waals surface area contributed by atoms with Gasteiger partial charge in [0.15, 0.2) is 11.7 Å². The third kappa shape index (κ3) is 4.03. The van der Waals surface area contributed by atoms with E-state index in [0.717, 1.165) is 47.8 Å². The summed E-state index contributed by atoms with van der Waals surface area (Å²) in [6.07, 6.45) is 5.51. The van der Waals surface area contributed by atoms with Crippen LogP contribution in [-0.4, -0.2) is 14.2 Å². The smallest absolute Gasteiger partial charge is 0.213 e. The number of anilines is 3. The molecule has 0 amide bonds. The molecule has 4 aromatic rings. The minimum Gasteiger partial charge on any atom is -0.497 e. The van der Waals surface area contributed by atoms with Crippen molar-refractivity contribution in [3.05, 3.63) is 96.7 Å². The van der Waals surface area contributed by atoms with Crippen molar-refractivity contribution >= 4 is 17.1 Å². The Morgan fingerprint density at radius 2 is 1.31 bits per heavy atom. The van der Waals surface area contributed by atoms with Crippen molar-refractivity contribution < 1.29 is 14.0 Å². The molecule has 0 radical (unpaired) electrons. The van der Waals surface area contributed by atoms with E-state index >= 15 is 0 Å². The van der Waals surface area contributed by atoms with Crippen LogP contribution in [0.2, 0.25) is 0 Å². The Bertz CT molecular complexity index is 1260. The van der Waals surface area contributed by atoms with E-state index < -0.39 is 0 Å². The van der Waals surface area contributed by atoms with E-state index in [2.05, 4.69) is 90.2 Å². The first kappa shape index (κ1) is 23.0. The Hall–Kier alpha value is -3.79. The fourth-order valence-electron chi connectivity index (χ4n) is 5.36. The van der Waals surface area contributed by atoms with Gasteiger partial charge in [0.1, 0.15) is 11.5 Å². The Balaban J connectivity index is 1.66. The van der Waals surface area contributed by atoms with E-state index in [1.54, 1.807) is 14.2 Å². The second kappa shape index (κ2) is 9.46. The molecule has 1 aromatic heterocycles. The van der Waals surface area contributed by atoms with Crippen molar-refractivity contribution in [2.45, 2.75) is 38.6 Å². The number of hydrogen-bond acceptors (Lipinski definition) is 3. The number of pyridine rings is 1. The maximum Gasteiger partial charge on any atom is 0.213 e. The van der Waals surface area contributed by atoms with Gasteiger partial charge in [-0.25, -0.2) is 0 Å². The number of benzene rings is 3. The van der Waals surface area contributed by atoms with E-state index in [1.165, 1.54) is 16.8 Å². The van der Waals surface area contributed by atoms with Gasteiger partial charge in [-0.3, -0.25) is 0 Å². The van der Waals surface area contributed by atoms with Crippen LogP contribution in [-0.2, 0) is 12.0 Å². The molecule has 1 aliphatic heterocycles. The van der Waals surface area contributed by atoms with Gasteiger partial charge in [0.05, 0.1) is 19.8 Å². The average molecular weight is 466 g/mol. The highest BCUT2D eigenvalue weighted by Crippen LogP contribution is 2.41. The van der Waals surface area contributed by atoms with Crippen molar-refractivity contribution in [1.29, 1.82) is 0 Å². The van der Waals surface area contributed by atoms with Crippen molar-refractivity contribution in [3.63, 3.8) is 0 Å². The molecule has 0 saturated carbocycles. The molecule has 35 heavy (non-hydrogen) atoms. The van der Waals surface area contributed by atoms with E-state index in [0.29, 0.717) is 0 Å². The predicted octanol–water partition coefficient (Wildman–Crippen LogP) is 7.20. The lowest BCUT2D eigenvalue weighted by Crippen LogP contribution is -2.60. The highest BCUT2D eigenvalue weighted by atomic mass is 16.5. The van der Waals surface area contributed by atoms with E-state index in [-0.39, 0.29) is 5.54 Å². The molecule has 0 unspecified atom stereocenters. The summed E-state index contributed by atoms with van der Waals surface area (Å²) in [6, 6.07) is 29.9. The maximum atomic E-state index is 5.41. The van der Waals surface area contributed by atoms with Gasteiger partial charge in [-0.05, 0) is 72.3 Å². The Kier molecular flexibility index (Phi) is 6.21. The third-order valence-electron chi connectivity index (χ3n) is 7.50. The molecule has 0 fully saturated rings. The van der Waals surface area contributed by atoms with Crippen LogP contribution in [0.4, 0.5) is 17.1 Å². The van der Waals surface area contributed by atoms with Crippen molar-refractivity contribution in [2.24, 2.45) is 0 Å². The van der Waals surface area contributed by atoms with Crippen LogP contribution in [0.5, 0.6) is 11.5 Å². The lowest BCUT2D eigenvalue weighted by Gasteiger charge is -2.33. The van der Waals surface area contributed by atoms with Crippen LogP contribution in [0.3, 0.4) is 0 Å². The summed E-state index contributed by atoms with van der Waals surface area (Å²) in [7, 11) is 3.39. The van der Waals surface area contributed by atoms with Gasteiger partial charge in [0, 0.05) is 48.5 Å². The number of rotatable bonds is 7. The molecule has 3 aromatic carbocycles. The summed E-state index contributed by atoms with van der Waals surface area (Å²) in [6.45, 7) is 4.61. The van der Waals surface area contributed by atoms with Gasteiger partial charge >= 0.3 is 0 Å². The van der Waals surface area contributed by atoms with E-state index in [9.17, 15) is 0 Å².